The molecule has 0 aromatic carbocycles. The summed E-state index contributed by atoms with van der Waals surface area (Å²) < 4.78 is 0. The monoisotopic (exact) mass is 260 g/mol. The van der Waals surface area contributed by atoms with Crippen molar-refractivity contribution in [2.75, 3.05) is 12.8 Å². The van der Waals surface area contributed by atoms with E-state index in [0.29, 0.717) is 11.8 Å². The van der Waals surface area contributed by atoms with Crippen molar-refractivity contribution >= 4 is 29.1 Å². The van der Waals surface area contributed by atoms with Gasteiger partial charge in [0, 0.05) is 17.2 Å². The first-order valence-corrected chi connectivity index (χ1v) is 7.21. The van der Waals surface area contributed by atoms with Gasteiger partial charge in [-0.2, -0.15) is 11.8 Å². The second-order valence-corrected chi connectivity index (χ2v) is 5.60. The largest absolute Gasteiger partial charge is 0.476 e. The molecule has 0 aliphatic rings. The summed E-state index contributed by atoms with van der Waals surface area (Å²) in [5.41, 5.74) is 0.805. The standard InChI is InChI=1S/C10H16N2O2S2/c1-7(15-2)3-4-11-5-8-6-16-9(12-8)10(13)14/h6-7,11H,3-5H2,1-2H3,(H,13,14). The third-order valence-electron chi connectivity index (χ3n) is 2.17. The molecule has 6 heteroatoms. The van der Waals surface area contributed by atoms with Gasteiger partial charge in [-0.15, -0.1) is 11.3 Å². The average molecular weight is 260 g/mol. The van der Waals surface area contributed by atoms with Gasteiger partial charge in [0.2, 0.25) is 5.01 Å². The predicted molar refractivity (Wildman–Crippen MR) is 68.4 cm³/mol. The summed E-state index contributed by atoms with van der Waals surface area (Å²) in [6, 6.07) is 0. The molecule has 0 saturated heterocycles. The molecule has 0 spiro atoms. The first-order valence-electron chi connectivity index (χ1n) is 5.04. The summed E-state index contributed by atoms with van der Waals surface area (Å²) >= 11 is 3.02. The van der Waals surface area contributed by atoms with Crippen LogP contribution in [-0.4, -0.2) is 34.1 Å². The van der Waals surface area contributed by atoms with Crippen LogP contribution in [0.1, 0.15) is 28.8 Å². The molecule has 1 aromatic rings. The summed E-state index contributed by atoms with van der Waals surface area (Å²) in [6.45, 7) is 3.77. The number of carboxylic acids is 1. The third-order valence-corrected chi connectivity index (χ3v) is 4.09. The minimum absolute atomic E-state index is 0.161. The topological polar surface area (TPSA) is 62.2 Å². The maximum absolute atomic E-state index is 10.6. The summed E-state index contributed by atoms with van der Waals surface area (Å²) in [5.74, 6) is -0.952. The Kier molecular flexibility index (Phi) is 5.79. The molecule has 2 N–H and O–H groups in total. The zero-order chi connectivity index (χ0) is 12.0. The number of nitrogens with one attached hydrogen (secondary N) is 1. The van der Waals surface area contributed by atoms with Crippen molar-refractivity contribution in [1.29, 1.82) is 0 Å². The van der Waals surface area contributed by atoms with Crippen LogP contribution in [0.25, 0.3) is 0 Å². The molecule has 0 amide bonds. The molecule has 0 aliphatic carbocycles. The molecule has 1 atom stereocenters. The highest BCUT2D eigenvalue weighted by atomic mass is 32.2. The van der Waals surface area contributed by atoms with Crippen molar-refractivity contribution in [2.24, 2.45) is 0 Å². The van der Waals surface area contributed by atoms with Crippen molar-refractivity contribution in [3.05, 3.63) is 16.1 Å². The Balaban J connectivity index is 2.24. The van der Waals surface area contributed by atoms with Crippen molar-refractivity contribution < 1.29 is 9.90 Å². The SMILES string of the molecule is CSC(C)CCNCc1csc(C(=O)O)n1. The number of hydrogen-bond acceptors (Lipinski definition) is 5. The molecule has 1 unspecified atom stereocenters. The van der Waals surface area contributed by atoms with E-state index < -0.39 is 5.97 Å². The maximum atomic E-state index is 10.6. The zero-order valence-corrected chi connectivity index (χ0v) is 11.0. The van der Waals surface area contributed by atoms with Gasteiger partial charge in [-0.1, -0.05) is 6.92 Å². The maximum Gasteiger partial charge on any atom is 0.365 e. The minimum Gasteiger partial charge on any atom is -0.476 e. The van der Waals surface area contributed by atoms with E-state index in [4.69, 9.17) is 5.11 Å². The average Bonchev–Trinajstić information content (AvgIpc) is 2.72. The molecule has 1 heterocycles. The van der Waals surface area contributed by atoms with Gasteiger partial charge in [-0.3, -0.25) is 0 Å². The smallest absolute Gasteiger partial charge is 0.365 e. The highest BCUT2D eigenvalue weighted by molar-refractivity contribution is 7.99. The lowest BCUT2D eigenvalue weighted by Gasteiger charge is -2.07. The molecule has 1 rings (SSSR count). The van der Waals surface area contributed by atoms with Crippen LogP contribution in [0.5, 0.6) is 0 Å². The van der Waals surface area contributed by atoms with Gasteiger partial charge in [0.1, 0.15) is 0 Å². The van der Waals surface area contributed by atoms with E-state index in [1.54, 1.807) is 5.38 Å². The summed E-state index contributed by atoms with van der Waals surface area (Å²) in [4.78, 5) is 14.6. The molecule has 0 radical (unpaired) electrons. The molecule has 1 aromatic heterocycles. The van der Waals surface area contributed by atoms with Gasteiger partial charge in [0.15, 0.2) is 0 Å². The van der Waals surface area contributed by atoms with Crippen molar-refractivity contribution in [3.63, 3.8) is 0 Å². The first kappa shape index (κ1) is 13.5. The molecular weight excluding hydrogens is 244 g/mol. The Morgan fingerprint density at radius 2 is 2.50 bits per heavy atom. The van der Waals surface area contributed by atoms with E-state index in [1.165, 1.54) is 11.3 Å². The number of carbonyl (C=O) groups is 1. The molecular formula is C10H16N2O2S2. The summed E-state index contributed by atoms with van der Waals surface area (Å²) in [6.07, 6.45) is 3.21. The minimum atomic E-state index is -0.952. The van der Waals surface area contributed by atoms with Crippen LogP contribution in [-0.2, 0) is 6.54 Å². The summed E-state index contributed by atoms with van der Waals surface area (Å²) in [5, 5.41) is 14.6. The van der Waals surface area contributed by atoms with E-state index in [2.05, 4.69) is 23.5 Å². The normalized spacial score (nSPS) is 12.6. The fraction of sp³-hybridized carbons (Fsp3) is 0.600. The lowest BCUT2D eigenvalue weighted by atomic mass is 10.3. The van der Waals surface area contributed by atoms with Gasteiger partial charge < -0.3 is 10.4 Å². The van der Waals surface area contributed by atoms with Crippen LogP contribution in [0.3, 0.4) is 0 Å². The molecule has 16 heavy (non-hydrogen) atoms. The molecule has 4 nitrogen and oxygen atoms in total. The van der Waals surface area contributed by atoms with Crippen LogP contribution in [0.4, 0.5) is 0 Å². The summed E-state index contributed by atoms with van der Waals surface area (Å²) in [7, 11) is 0. The molecule has 0 aliphatic heterocycles. The molecule has 90 valence electrons. The van der Waals surface area contributed by atoms with E-state index in [9.17, 15) is 4.79 Å². The Morgan fingerprint density at radius 1 is 1.75 bits per heavy atom. The fourth-order valence-electron chi connectivity index (χ4n) is 1.13. The first-order chi connectivity index (χ1) is 7.63. The number of rotatable bonds is 7. The molecule has 0 saturated carbocycles. The molecule has 0 fully saturated rings. The number of aromatic nitrogens is 1. The number of thioether (sulfide) groups is 1. The Hall–Kier alpha value is -0.590. The fourth-order valence-corrected chi connectivity index (χ4v) is 2.13. The van der Waals surface area contributed by atoms with Crippen LogP contribution in [0.15, 0.2) is 5.38 Å². The zero-order valence-electron chi connectivity index (χ0n) is 9.40. The quantitative estimate of drug-likeness (QED) is 0.735. The van der Waals surface area contributed by atoms with Gasteiger partial charge in [-0.05, 0) is 19.2 Å². The Morgan fingerprint density at radius 3 is 3.06 bits per heavy atom. The van der Waals surface area contributed by atoms with E-state index >= 15 is 0 Å². The number of hydrogen-bond donors (Lipinski definition) is 2. The lowest BCUT2D eigenvalue weighted by Crippen LogP contribution is -2.17. The van der Waals surface area contributed by atoms with Gasteiger partial charge in [0.05, 0.1) is 5.69 Å². The molecule has 0 bridgehead atoms. The lowest BCUT2D eigenvalue weighted by molar-refractivity contribution is 0.0696. The highest BCUT2D eigenvalue weighted by Crippen LogP contribution is 2.10. The van der Waals surface area contributed by atoms with Gasteiger partial charge in [0.25, 0.3) is 0 Å². The van der Waals surface area contributed by atoms with Crippen LogP contribution in [0.2, 0.25) is 0 Å². The number of nitrogens with zero attached hydrogens (tertiary/aromatic N) is 1. The van der Waals surface area contributed by atoms with E-state index in [1.807, 2.05) is 11.8 Å². The van der Waals surface area contributed by atoms with Gasteiger partial charge in [-0.25, -0.2) is 9.78 Å². The predicted octanol–water partition coefficient (Wildman–Crippen LogP) is 2.07. The highest BCUT2D eigenvalue weighted by Gasteiger charge is 2.08. The number of aromatic carboxylic acids is 1. The number of thiazole rings is 1. The van der Waals surface area contributed by atoms with Crippen LogP contribution >= 0.6 is 23.1 Å². The second kappa shape index (κ2) is 6.88. The Bertz CT molecular complexity index is 341. The van der Waals surface area contributed by atoms with Crippen LogP contribution < -0.4 is 5.32 Å². The van der Waals surface area contributed by atoms with Gasteiger partial charge >= 0.3 is 5.97 Å². The van der Waals surface area contributed by atoms with E-state index in [0.717, 1.165) is 18.7 Å². The third kappa shape index (κ3) is 4.51. The van der Waals surface area contributed by atoms with E-state index in [-0.39, 0.29) is 5.01 Å². The Labute approximate surface area is 103 Å². The van der Waals surface area contributed by atoms with Crippen molar-refractivity contribution in [2.45, 2.75) is 25.1 Å². The number of carboxylic acid groups (broad SMARTS) is 1. The van der Waals surface area contributed by atoms with Crippen molar-refractivity contribution in [1.82, 2.24) is 10.3 Å². The van der Waals surface area contributed by atoms with Crippen molar-refractivity contribution in [3.8, 4) is 0 Å². The second-order valence-electron chi connectivity index (χ2n) is 3.46. The van der Waals surface area contributed by atoms with Crippen LogP contribution in [0, 0.1) is 0 Å².